The van der Waals surface area contributed by atoms with E-state index in [0.29, 0.717) is 0 Å². The second-order valence-corrected chi connectivity index (χ2v) is 6.39. The number of nitrogens with zero attached hydrogens (tertiary/aromatic N) is 1. The second-order valence-electron chi connectivity index (χ2n) is 6.39. The topological polar surface area (TPSA) is 29.3 Å². The zero-order valence-corrected chi connectivity index (χ0v) is 12.1. The minimum Gasteiger partial charge on any atom is -0.329 e. The zero-order chi connectivity index (χ0) is 13.3. The third-order valence-corrected chi connectivity index (χ3v) is 5.45. The Balaban J connectivity index is 1.80. The third kappa shape index (κ3) is 2.32. The van der Waals surface area contributed by atoms with Gasteiger partial charge in [0, 0.05) is 25.2 Å². The van der Waals surface area contributed by atoms with Crippen molar-refractivity contribution in [3.05, 3.63) is 35.4 Å². The molecule has 1 aliphatic heterocycles. The molecular formula is C17H26N2. The van der Waals surface area contributed by atoms with Crippen molar-refractivity contribution in [2.75, 3.05) is 13.1 Å². The minimum atomic E-state index is 0.286. The maximum absolute atomic E-state index is 6.19. The average molecular weight is 258 g/mol. The summed E-state index contributed by atoms with van der Waals surface area (Å²) in [5.74, 6) is 0.890. The summed E-state index contributed by atoms with van der Waals surface area (Å²) < 4.78 is 0. The van der Waals surface area contributed by atoms with Gasteiger partial charge in [-0.3, -0.25) is 4.90 Å². The molecule has 3 rings (SSSR count). The van der Waals surface area contributed by atoms with E-state index >= 15 is 0 Å². The summed E-state index contributed by atoms with van der Waals surface area (Å²) in [5, 5.41) is 0. The molecule has 0 amide bonds. The van der Waals surface area contributed by atoms with E-state index in [4.69, 9.17) is 5.73 Å². The molecule has 0 saturated heterocycles. The van der Waals surface area contributed by atoms with E-state index in [1.807, 2.05) is 0 Å². The highest BCUT2D eigenvalue weighted by Gasteiger charge is 2.42. The predicted molar refractivity (Wildman–Crippen MR) is 80.0 cm³/mol. The summed E-state index contributed by atoms with van der Waals surface area (Å²) in [4.78, 5) is 2.69. The lowest BCUT2D eigenvalue weighted by Crippen LogP contribution is -2.53. The summed E-state index contributed by atoms with van der Waals surface area (Å²) in [5.41, 5.74) is 9.53. The number of rotatable bonds is 3. The molecule has 2 unspecified atom stereocenters. The van der Waals surface area contributed by atoms with E-state index < -0.39 is 0 Å². The van der Waals surface area contributed by atoms with Crippen LogP contribution in [0.5, 0.6) is 0 Å². The van der Waals surface area contributed by atoms with Crippen LogP contribution in [0, 0.1) is 5.92 Å². The number of hydrogen-bond acceptors (Lipinski definition) is 2. The molecule has 104 valence electrons. The molecule has 0 radical (unpaired) electrons. The van der Waals surface area contributed by atoms with E-state index in [0.717, 1.165) is 19.0 Å². The van der Waals surface area contributed by atoms with Gasteiger partial charge in [-0.1, -0.05) is 37.6 Å². The monoisotopic (exact) mass is 258 g/mol. The Morgan fingerprint density at radius 1 is 1.32 bits per heavy atom. The van der Waals surface area contributed by atoms with E-state index in [2.05, 4.69) is 36.1 Å². The fourth-order valence-electron chi connectivity index (χ4n) is 4.07. The minimum absolute atomic E-state index is 0.286. The molecule has 2 aliphatic rings. The first kappa shape index (κ1) is 13.1. The Kier molecular flexibility index (Phi) is 3.64. The number of hydrogen-bond donors (Lipinski definition) is 1. The van der Waals surface area contributed by atoms with Gasteiger partial charge in [-0.05, 0) is 42.7 Å². The van der Waals surface area contributed by atoms with E-state index in [1.54, 1.807) is 0 Å². The maximum atomic E-state index is 6.19. The Morgan fingerprint density at radius 2 is 2.11 bits per heavy atom. The fraction of sp³-hybridized carbons (Fsp3) is 0.647. The molecule has 2 heteroatoms. The Hall–Kier alpha value is -0.860. The first-order valence-electron chi connectivity index (χ1n) is 7.79. The number of nitrogens with two attached hydrogens (primary N) is 1. The highest BCUT2D eigenvalue weighted by Crippen LogP contribution is 2.41. The molecule has 1 saturated carbocycles. The first-order chi connectivity index (χ1) is 9.27. The van der Waals surface area contributed by atoms with Crippen molar-refractivity contribution in [2.24, 2.45) is 11.7 Å². The van der Waals surface area contributed by atoms with Gasteiger partial charge in [-0.15, -0.1) is 0 Å². The number of fused-ring (bicyclic) bond motifs is 1. The van der Waals surface area contributed by atoms with E-state index in [-0.39, 0.29) is 5.54 Å². The number of benzene rings is 1. The van der Waals surface area contributed by atoms with Crippen LogP contribution in [0.25, 0.3) is 0 Å². The molecule has 1 fully saturated rings. The highest BCUT2D eigenvalue weighted by molar-refractivity contribution is 5.29. The van der Waals surface area contributed by atoms with Crippen LogP contribution in [0.3, 0.4) is 0 Å². The van der Waals surface area contributed by atoms with Crippen LogP contribution in [0.15, 0.2) is 24.3 Å². The average Bonchev–Trinajstić information content (AvgIpc) is 2.92. The lowest BCUT2D eigenvalue weighted by molar-refractivity contribution is 0.0804. The first-order valence-corrected chi connectivity index (χ1v) is 7.79. The standard InChI is InChI=1S/C17H26N2/c1-2-14-7-9-17(11-14,13-18)19-10-8-15-5-3-4-6-16(15)12-19/h3-6,14H,2,7-13,18H2,1H3. The molecule has 2 atom stereocenters. The maximum Gasteiger partial charge on any atom is 0.0338 e. The Morgan fingerprint density at radius 3 is 2.79 bits per heavy atom. The summed E-state index contributed by atoms with van der Waals surface area (Å²) in [7, 11) is 0. The third-order valence-electron chi connectivity index (χ3n) is 5.45. The summed E-state index contributed by atoms with van der Waals surface area (Å²) in [6.07, 6.45) is 6.47. The van der Waals surface area contributed by atoms with Crippen LogP contribution in [-0.2, 0) is 13.0 Å². The van der Waals surface area contributed by atoms with Crippen LogP contribution < -0.4 is 5.73 Å². The molecule has 19 heavy (non-hydrogen) atoms. The Labute approximate surface area is 117 Å². The van der Waals surface area contributed by atoms with E-state index in [9.17, 15) is 0 Å². The van der Waals surface area contributed by atoms with Crippen molar-refractivity contribution in [3.8, 4) is 0 Å². The summed E-state index contributed by atoms with van der Waals surface area (Å²) >= 11 is 0. The SMILES string of the molecule is CCC1CCC(CN)(N2CCc3ccccc3C2)C1. The van der Waals surface area contributed by atoms with Gasteiger partial charge in [-0.25, -0.2) is 0 Å². The van der Waals surface area contributed by atoms with Crippen molar-refractivity contribution < 1.29 is 0 Å². The smallest absolute Gasteiger partial charge is 0.0338 e. The fourth-order valence-corrected chi connectivity index (χ4v) is 4.07. The van der Waals surface area contributed by atoms with Crippen molar-refractivity contribution in [2.45, 2.75) is 51.1 Å². The molecule has 0 aromatic heterocycles. The van der Waals surface area contributed by atoms with Gasteiger partial charge >= 0.3 is 0 Å². The molecule has 1 heterocycles. The molecular weight excluding hydrogens is 232 g/mol. The second kappa shape index (κ2) is 5.26. The largest absolute Gasteiger partial charge is 0.329 e. The van der Waals surface area contributed by atoms with Crippen molar-refractivity contribution in [3.63, 3.8) is 0 Å². The zero-order valence-electron chi connectivity index (χ0n) is 12.1. The van der Waals surface area contributed by atoms with Crippen molar-refractivity contribution in [1.82, 2.24) is 4.90 Å². The molecule has 2 nitrogen and oxygen atoms in total. The van der Waals surface area contributed by atoms with Crippen LogP contribution in [0.1, 0.15) is 43.7 Å². The molecule has 2 N–H and O–H groups in total. The lowest BCUT2D eigenvalue weighted by Gasteiger charge is -2.43. The molecule has 1 aliphatic carbocycles. The van der Waals surface area contributed by atoms with E-state index in [1.165, 1.54) is 49.8 Å². The summed E-state index contributed by atoms with van der Waals surface area (Å²) in [6.45, 7) is 5.43. The quantitative estimate of drug-likeness (QED) is 0.903. The van der Waals surface area contributed by atoms with Crippen LogP contribution >= 0.6 is 0 Å². The normalized spacial score (nSPS) is 31.4. The lowest BCUT2D eigenvalue weighted by atomic mass is 9.89. The van der Waals surface area contributed by atoms with Gasteiger partial charge in [0.25, 0.3) is 0 Å². The van der Waals surface area contributed by atoms with Crippen LogP contribution in [-0.4, -0.2) is 23.5 Å². The van der Waals surface area contributed by atoms with Gasteiger partial charge in [0.1, 0.15) is 0 Å². The van der Waals surface area contributed by atoms with Gasteiger partial charge in [-0.2, -0.15) is 0 Å². The van der Waals surface area contributed by atoms with Crippen molar-refractivity contribution in [1.29, 1.82) is 0 Å². The van der Waals surface area contributed by atoms with Crippen LogP contribution in [0.2, 0.25) is 0 Å². The van der Waals surface area contributed by atoms with Crippen LogP contribution in [0.4, 0.5) is 0 Å². The predicted octanol–water partition coefficient (Wildman–Crippen LogP) is 2.95. The van der Waals surface area contributed by atoms with Gasteiger partial charge in [0.2, 0.25) is 0 Å². The molecule has 1 aromatic carbocycles. The highest BCUT2D eigenvalue weighted by atomic mass is 15.2. The van der Waals surface area contributed by atoms with Gasteiger partial charge in [0.15, 0.2) is 0 Å². The molecule has 1 aromatic rings. The Bertz CT molecular complexity index is 443. The summed E-state index contributed by atoms with van der Waals surface area (Å²) in [6, 6.07) is 8.90. The molecule has 0 bridgehead atoms. The van der Waals surface area contributed by atoms with Gasteiger partial charge < -0.3 is 5.73 Å². The van der Waals surface area contributed by atoms with Crippen molar-refractivity contribution >= 4 is 0 Å². The van der Waals surface area contributed by atoms with Gasteiger partial charge in [0.05, 0.1) is 0 Å². The molecule has 0 spiro atoms.